The summed E-state index contributed by atoms with van der Waals surface area (Å²) in [5.41, 5.74) is -0.0346. The van der Waals surface area contributed by atoms with E-state index in [9.17, 15) is 21.5 Å². The topological polar surface area (TPSA) is 51.2 Å². The summed E-state index contributed by atoms with van der Waals surface area (Å²) in [6.07, 6.45) is 0. The van der Waals surface area contributed by atoms with E-state index in [0.29, 0.717) is 0 Å². The lowest BCUT2D eigenvalue weighted by Crippen LogP contribution is -2.11. The van der Waals surface area contributed by atoms with E-state index in [4.69, 9.17) is 0 Å². The van der Waals surface area contributed by atoms with Crippen LogP contribution in [0.25, 0.3) is 0 Å². The molecule has 0 bridgehead atoms. The van der Waals surface area contributed by atoms with Crippen molar-refractivity contribution in [2.45, 2.75) is 0 Å². The zero-order valence-electron chi connectivity index (χ0n) is 6.91. The number of halogens is 2. The van der Waals surface area contributed by atoms with Gasteiger partial charge in [-0.3, -0.25) is 4.79 Å². The fraction of sp³-hybridized carbons (Fsp3) is 0.125. The first-order valence-electron chi connectivity index (χ1n) is 3.59. The minimum Gasteiger partial charge on any atom is -0.293 e. The Labute approximate surface area is 79.6 Å². The molecule has 1 aromatic rings. The molecule has 6 heteroatoms. The van der Waals surface area contributed by atoms with E-state index in [2.05, 4.69) is 0 Å². The van der Waals surface area contributed by atoms with Gasteiger partial charge in [0, 0.05) is 5.56 Å². The van der Waals surface area contributed by atoms with E-state index in [1.165, 1.54) is 0 Å². The molecule has 14 heavy (non-hydrogen) atoms. The molecule has 0 aliphatic carbocycles. The molecular weight excluding hydrogens is 214 g/mol. The van der Waals surface area contributed by atoms with Crippen LogP contribution in [0.2, 0.25) is 0 Å². The summed E-state index contributed by atoms with van der Waals surface area (Å²) >= 11 is 0. The Bertz CT molecular complexity index is 436. The maximum atomic E-state index is 12.4. The van der Waals surface area contributed by atoms with Crippen LogP contribution < -0.4 is 0 Å². The van der Waals surface area contributed by atoms with Gasteiger partial charge in [0.1, 0.15) is 11.6 Å². The Morgan fingerprint density at radius 3 is 2.14 bits per heavy atom. The van der Waals surface area contributed by atoms with Crippen molar-refractivity contribution >= 4 is 16.0 Å². The Morgan fingerprint density at radius 2 is 1.71 bits per heavy atom. The van der Waals surface area contributed by atoms with E-state index in [1.807, 2.05) is 0 Å². The van der Waals surface area contributed by atoms with Crippen molar-refractivity contribution in [1.82, 2.24) is 0 Å². The molecule has 0 spiro atoms. The number of carbonyl (C=O) groups is 1. The Morgan fingerprint density at radius 1 is 1.21 bits per heavy atom. The Kier molecular flexibility index (Phi) is 2.95. The van der Waals surface area contributed by atoms with Crippen molar-refractivity contribution in [1.29, 1.82) is 0 Å². The second kappa shape index (κ2) is 3.83. The summed E-state index contributed by atoms with van der Waals surface area (Å²) in [6, 6.07) is 4.20. The van der Waals surface area contributed by atoms with Crippen LogP contribution in [-0.2, 0) is 10.2 Å². The molecule has 0 aromatic heterocycles. The van der Waals surface area contributed by atoms with Crippen LogP contribution in [0.15, 0.2) is 24.3 Å². The molecule has 0 radical (unpaired) electrons. The smallest absolute Gasteiger partial charge is 0.293 e. The number of Topliss-reactive ketones (excluding diaryl/α,β-unsaturated/α-hetero) is 1. The summed E-state index contributed by atoms with van der Waals surface area (Å²) in [5.74, 6) is -2.66. The minimum absolute atomic E-state index is 0.0346. The van der Waals surface area contributed by atoms with Gasteiger partial charge < -0.3 is 0 Å². The van der Waals surface area contributed by atoms with Gasteiger partial charge in [-0.2, -0.15) is 8.42 Å². The van der Waals surface area contributed by atoms with Crippen molar-refractivity contribution in [3.63, 3.8) is 0 Å². The first kappa shape index (κ1) is 10.8. The van der Waals surface area contributed by atoms with E-state index < -0.39 is 27.6 Å². The molecule has 0 aliphatic rings. The molecule has 0 heterocycles. The zero-order valence-corrected chi connectivity index (χ0v) is 7.72. The van der Waals surface area contributed by atoms with Crippen molar-refractivity contribution < 1.29 is 21.5 Å². The first-order chi connectivity index (χ1) is 6.38. The standard InChI is InChI=1S/C8H6F2O3S/c9-7-3-1-6(2-4-7)8(11)5-14(10,12)13/h1-4H,5H2. The SMILES string of the molecule is O=C(CS(=O)(=O)F)c1ccc(F)cc1. The van der Waals surface area contributed by atoms with Crippen LogP contribution in [0.1, 0.15) is 10.4 Å². The third-order valence-electron chi connectivity index (χ3n) is 1.47. The number of hydrogen-bond acceptors (Lipinski definition) is 3. The monoisotopic (exact) mass is 220 g/mol. The van der Waals surface area contributed by atoms with E-state index in [-0.39, 0.29) is 5.56 Å². The van der Waals surface area contributed by atoms with Gasteiger partial charge in [0.25, 0.3) is 0 Å². The Hall–Kier alpha value is -1.30. The lowest BCUT2D eigenvalue weighted by molar-refractivity contribution is 0.102. The summed E-state index contributed by atoms with van der Waals surface area (Å²) in [7, 11) is -4.82. The highest BCUT2D eigenvalue weighted by Gasteiger charge is 2.16. The minimum atomic E-state index is -4.82. The largest absolute Gasteiger partial charge is 0.309 e. The van der Waals surface area contributed by atoms with Gasteiger partial charge in [0.2, 0.25) is 0 Å². The Balaban J connectivity index is 2.86. The molecule has 0 N–H and O–H groups in total. The van der Waals surface area contributed by atoms with Crippen LogP contribution in [-0.4, -0.2) is 20.0 Å². The number of hydrogen-bond donors (Lipinski definition) is 0. The average Bonchev–Trinajstić information content (AvgIpc) is 2.02. The number of benzene rings is 1. The van der Waals surface area contributed by atoms with Gasteiger partial charge in [0.05, 0.1) is 0 Å². The van der Waals surface area contributed by atoms with Gasteiger partial charge in [0.15, 0.2) is 5.78 Å². The summed E-state index contributed by atoms with van der Waals surface area (Å²) < 4.78 is 44.7. The molecule has 0 amide bonds. The normalized spacial score (nSPS) is 11.3. The molecule has 76 valence electrons. The molecule has 0 atom stereocenters. The lowest BCUT2D eigenvalue weighted by Gasteiger charge is -1.96. The van der Waals surface area contributed by atoms with Gasteiger partial charge in [-0.15, -0.1) is 3.89 Å². The van der Waals surface area contributed by atoms with Crippen LogP contribution in [0.3, 0.4) is 0 Å². The lowest BCUT2D eigenvalue weighted by atomic mass is 10.1. The molecule has 1 aromatic carbocycles. The summed E-state index contributed by atoms with van der Waals surface area (Å²) in [6.45, 7) is 0. The van der Waals surface area contributed by atoms with E-state index in [0.717, 1.165) is 24.3 Å². The maximum absolute atomic E-state index is 12.4. The predicted molar refractivity (Wildman–Crippen MR) is 45.6 cm³/mol. The highest BCUT2D eigenvalue weighted by molar-refractivity contribution is 7.87. The van der Waals surface area contributed by atoms with Gasteiger partial charge >= 0.3 is 10.2 Å². The van der Waals surface area contributed by atoms with Crippen molar-refractivity contribution in [3.05, 3.63) is 35.6 Å². The summed E-state index contributed by atoms with van der Waals surface area (Å²) in [4.78, 5) is 11.0. The number of carbonyl (C=O) groups excluding carboxylic acids is 1. The van der Waals surface area contributed by atoms with Crippen LogP contribution >= 0.6 is 0 Å². The zero-order chi connectivity index (χ0) is 10.8. The molecule has 0 saturated carbocycles. The van der Waals surface area contributed by atoms with Crippen LogP contribution in [0.5, 0.6) is 0 Å². The summed E-state index contributed by atoms with van der Waals surface area (Å²) in [5, 5.41) is 0. The van der Waals surface area contributed by atoms with Gasteiger partial charge in [-0.25, -0.2) is 4.39 Å². The molecule has 0 fully saturated rings. The fourth-order valence-electron chi connectivity index (χ4n) is 0.876. The molecule has 1 rings (SSSR count). The van der Waals surface area contributed by atoms with E-state index in [1.54, 1.807) is 0 Å². The van der Waals surface area contributed by atoms with Gasteiger partial charge in [-0.1, -0.05) is 0 Å². The number of ketones is 1. The highest BCUT2D eigenvalue weighted by atomic mass is 32.3. The highest BCUT2D eigenvalue weighted by Crippen LogP contribution is 2.05. The van der Waals surface area contributed by atoms with Crippen molar-refractivity contribution in [3.8, 4) is 0 Å². The van der Waals surface area contributed by atoms with E-state index >= 15 is 0 Å². The second-order valence-electron chi connectivity index (χ2n) is 2.61. The molecule has 0 aliphatic heterocycles. The molecular formula is C8H6F2O3S. The quantitative estimate of drug-likeness (QED) is 0.570. The third kappa shape index (κ3) is 3.21. The van der Waals surface area contributed by atoms with Crippen LogP contribution in [0.4, 0.5) is 8.28 Å². The first-order valence-corrected chi connectivity index (χ1v) is 5.15. The second-order valence-corrected chi connectivity index (χ2v) is 3.98. The number of rotatable bonds is 3. The predicted octanol–water partition coefficient (Wildman–Crippen LogP) is 1.31. The van der Waals surface area contributed by atoms with Gasteiger partial charge in [-0.05, 0) is 24.3 Å². The average molecular weight is 220 g/mol. The molecule has 3 nitrogen and oxygen atoms in total. The van der Waals surface area contributed by atoms with Crippen LogP contribution in [0, 0.1) is 5.82 Å². The molecule has 0 unspecified atom stereocenters. The van der Waals surface area contributed by atoms with Crippen molar-refractivity contribution in [2.24, 2.45) is 0 Å². The van der Waals surface area contributed by atoms with Crippen molar-refractivity contribution in [2.75, 3.05) is 5.75 Å². The maximum Gasteiger partial charge on any atom is 0.309 e. The molecule has 0 saturated heterocycles. The third-order valence-corrected chi connectivity index (χ3v) is 2.08. The fourth-order valence-corrected chi connectivity index (χ4v) is 1.36.